The van der Waals surface area contributed by atoms with Crippen molar-refractivity contribution in [1.82, 2.24) is 19.9 Å². The van der Waals surface area contributed by atoms with Crippen LogP contribution in [0, 0.1) is 0 Å². The van der Waals surface area contributed by atoms with E-state index in [4.69, 9.17) is 4.74 Å². The Morgan fingerprint density at radius 1 is 1.44 bits per heavy atom. The van der Waals surface area contributed by atoms with E-state index >= 15 is 0 Å². The number of fused-ring (bicyclic) bond motifs is 1. The Kier molecular flexibility index (Phi) is 4.28. The highest BCUT2D eigenvalue weighted by molar-refractivity contribution is 5.74. The van der Waals surface area contributed by atoms with Gasteiger partial charge in [0.1, 0.15) is 11.3 Å². The molecule has 5 heteroatoms. The fourth-order valence-electron chi connectivity index (χ4n) is 2.08. The van der Waals surface area contributed by atoms with Gasteiger partial charge in [0.05, 0.1) is 24.9 Å². The summed E-state index contributed by atoms with van der Waals surface area (Å²) in [6.45, 7) is 6.62. The molecule has 2 rings (SSSR count). The Morgan fingerprint density at radius 2 is 2.28 bits per heavy atom. The average molecular weight is 248 g/mol. The molecule has 0 aromatic carbocycles. The monoisotopic (exact) mass is 248 g/mol. The Labute approximate surface area is 107 Å². The van der Waals surface area contributed by atoms with Crippen molar-refractivity contribution in [1.29, 1.82) is 0 Å². The van der Waals surface area contributed by atoms with Crippen LogP contribution in [0.2, 0.25) is 0 Å². The molecule has 0 aliphatic rings. The van der Waals surface area contributed by atoms with Crippen LogP contribution in [0.5, 0.6) is 0 Å². The second kappa shape index (κ2) is 5.93. The summed E-state index contributed by atoms with van der Waals surface area (Å²) in [5.41, 5.74) is 2.10. The number of methoxy groups -OCH3 is 1. The standard InChI is InChI=1S/C13H20N4O/c1-10(2)17-12-4-5-14-8-11(12)16-13(17)9-15-6-7-18-3/h4-5,8,10,15H,6-7,9H2,1-3H3. The summed E-state index contributed by atoms with van der Waals surface area (Å²) in [5, 5.41) is 3.33. The van der Waals surface area contributed by atoms with Gasteiger partial charge in [0.15, 0.2) is 0 Å². The molecule has 0 aliphatic carbocycles. The molecular formula is C13H20N4O. The lowest BCUT2D eigenvalue weighted by molar-refractivity contribution is 0.198. The molecule has 5 nitrogen and oxygen atoms in total. The molecule has 0 bridgehead atoms. The van der Waals surface area contributed by atoms with Gasteiger partial charge >= 0.3 is 0 Å². The number of nitrogens with one attached hydrogen (secondary N) is 1. The first kappa shape index (κ1) is 13.0. The molecule has 0 saturated heterocycles. The van der Waals surface area contributed by atoms with Gasteiger partial charge in [-0.15, -0.1) is 0 Å². The lowest BCUT2D eigenvalue weighted by atomic mass is 10.3. The molecule has 0 aliphatic heterocycles. The summed E-state index contributed by atoms with van der Waals surface area (Å²) < 4.78 is 7.26. The highest BCUT2D eigenvalue weighted by Crippen LogP contribution is 2.19. The van der Waals surface area contributed by atoms with Crippen molar-refractivity contribution >= 4 is 11.0 Å². The predicted octanol–water partition coefficient (Wildman–Crippen LogP) is 1.75. The van der Waals surface area contributed by atoms with Gasteiger partial charge in [0, 0.05) is 25.9 Å². The van der Waals surface area contributed by atoms with Gasteiger partial charge in [0.25, 0.3) is 0 Å². The minimum absolute atomic E-state index is 0.386. The lowest BCUT2D eigenvalue weighted by Crippen LogP contribution is -2.21. The van der Waals surface area contributed by atoms with Crippen LogP contribution in [0.1, 0.15) is 25.7 Å². The fraction of sp³-hybridized carbons (Fsp3) is 0.538. The van der Waals surface area contributed by atoms with E-state index in [9.17, 15) is 0 Å². The lowest BCUT2D eigenvalue weighted by Gasteiger charge is -2.13. The van der Waals surface area contributed by atoms with E-state index < -0.39 is 0 Å². The van der Waals surface area contributed by atoms with Crippen LogP contribution in [0.25, 0.3) is 11.0 Å². The molecule has 98 valence electrons. The van der Waals surface area contributed by atoms with Gasteiger partial charge in [0.2, 0.25) is 0 Å². The molecule has 0 amide bonds. The minimum atomic E-state index is 0.386. The smallest absolute Gasteiger partial charge is 0.124 e. The number of aromatic nitrogens is 3. The average Bonchev–Trinajstić information content (AvgIpc) is 2.73. The summed E-state index contributed by atoms with van der Waals surface area (Å²) >= 11 is 0. The Hall–Kier alpha value is -1.46. The fourth-order valence-corrected chi connectivity index (χ4v) is 2.08. The summed E-state index contributed by atoms with van der Waals surface area (Å²) in [5.74, 6) is 1.05. The largest absolute Gasteiger partial charge is 0.383 e. The first-order chi connectivity index (χ1) is 8.74. The molecule has 1 N–H and O–H groups in total. The van der Waals surface area contributed by atoms with E-state index in [0.29, 0.717) is 12.6 Å². The van der Waals surface area contributed by atoms with Crippen molar-refractivity contribution in [3.63, 3.8) is 0 Å². The molecule has 18 heavy (non-hydrogen) atoms. The molecule has 0 spiro atoms. The first-order valence-electron chi connectivity index (χ1n) is 6.24. The number of pyridine rings is 1. The van der Waals surface area contributed by atoms with Crippen LogP contribution in [0.4, 0.5) is 0 Å². The molecule has 0 unspecified atom stereocenters. The third-order valence-corrected chi connectivity index (χ3v) is 2.85. The number of hydrogen-bond acceptors (Lipinski definition) is 4. The van der Waals surface area contributed by atoms with Gasteiger partial charge < -0.3 is 14.6 Å². The van der Waals surface area contributed by atoms with Crippen LogP contribution in [0.15, 0.2) is 18.5 Å². The maximum absolute atomic E-state index is 5.02. The molecule has 0 atom stereocenters. The van der Waals surface area contributed by atoms with Gasteiger partial charge in [-0.3, -0.25) is 4.98 Å². The Balaban J connectivity index is 2.23. The first-order valence-corrected chi connectivity index (χ1v) is 6.24. The molecule has 0 saturated carbocycles. The zero-order valence-corrected chi connectivity index (χ0v) is 11.2. The van der Waals surface area contributed by atoms with E-state index in [1.807, 2.05) is 18.5 Å². The normalized spacial score (nSPS) is 11.6. The van der Waals surface area contributed by atoms with Crippen molar-refractivity contribution in [3.8, 4) is 0 Å². The van der Waals surface area contributed by atoms with Gasteiger partial charge in [-0.25, -0.2) is 4.98 Å². The number of ether oxygens (including phenoxy) is 1. The number of nitrogens with zero attached hydrogens (tertiary/aromatic N) is 3. The van der Waals surface area contributed by atoms with Crippen LogP contribution in [0.3, 0.4) is 0 Å². The highest BCUT2D eigenvalue weighted by atomic mass is 16.5. The van der Waals surface area contributed by atoms with E-state index in [1.165, 1.54) is 0 Å². The van der Waals surface area contributed by atoms with Crippen LogP contribution < -0.4 is 5.32 Å². The molecule has 0 fully saturated rings. The number of imidazole rings is 1. The van der Waals surface area contributed by atoms with E-state index in [2.05, 4.69) is 33.7 Å². The second-order valence-corrected chi connectivity index (χ2v) is 4.53. The third-order valence-electron chi connectivity index (χ3n) is 2.85. The zero-order chi connectivity index (χ0) is 13.0. The van der Waals surface area contributed by atoms with Crippen molar-refractivity contribution in [2.45, 2.75) is 26.4 Å². The minimum Gasteiger partial charge on any atom is -0.383 e. The zero-order valence-electron chi connectivity index (χ0n) is 11.2. The number of hydrogen-bond donors (Lipinski definition) is 1. The van der Waals surface area contributed by atoms with E-state index in [0.717, 1.165) is 29.9 Å². The van der Waals surface area contributed by atoms with E-state index in [1.54, 1.807) is 7.11 Å². The quantitative estimate of drug-likeness (QED) is 0.791. The Bertz CT molecular complexity index is 507. The highest BCUT2D eigenvalue weighted by Gasteiger charge is 2.12. The number of rotatable bonds is 6. The summed E-state index contributed by atoms with van der Waals surface area (Å²) in [4.78, 5) is 8.75. The van der Waals surface area contributed by atoms with Gasteiger partial charge in [-0.05, 0) is 19.9 Å². The van der Waals surface area contributed by atoms with E-state index in [-0.39, 0.29) is 0 Å². The van der Waals surface area contributed by atoms with Gasteiger partial charge in [-0.2, -0.15) is 0 Å². The Morgan fingerprint density at radius 3 is 3.00 bits per heavy atom. The molecular weight excluding hydrogens is 228 g/mol. The maximum Gasteiger partial charge on any atom is 0.124 e. The topological polar surface area (TPSA) is 52.0 Å². The van der Waals surface area contributed by atoms with Crippen molar-refractivity contribution in [3.05, 3.63) is 24.3 Å². The van der Waals surface area contributed by atoms with Crippen LogP contribution >= 0.6 is 0 Å². The molecule has 2 heterocycles. The summed E-state index contributed by atoms with van der Waals surface area (Å²) in [7, 11) is 1.71. The van der Waals surface area contributed by atoms with Crippen molar-refractivity contribution in [2.75, 3.05) is 20.3 Å². The maximum atomic E-state index is 5.02. The second-order valence-electron chi connectivity index (χ2n) is 4.53. The predicted molar refractivity (Wildman–Crippen MR) is 71.5 cm³/mol. The van der Waals surface area contributed by atoms with Crippen LogP contribution in [-0.4, -0.2) is 34.8 Å². The van der Waals surface area contributed by atoms with Crippen molar-refractivity contribution in [2.24, 2.45) is 0 Å². The van der Waals surface area contributed by atoms with Crippen molar-refractivity contribution < 1.29 is 4.74 Å². The molecule has 2 aromatic heterocycles. The SMILES string of the molecule is COCCNCc1nc2cnccc2n1C(C)C. The molecule has 0 radical (unpaired) electrons. The summed E-state index contributed by atoms with van der Waals surface area (Å²) in [6, 6.07) is 2.40. The summed E-state index contributed by atoms with van der Waals surface area (Å²) in [6.07, 6.45) is 3.62. The van der Waals surface area contributed by atoms with Gasteiger partial charge in [-0.1, -0.05) is 0 Å². The van der Waals surface area contributed by atoms with Crippen LogP contribution in [-0.2, 0) is 11.3 Å². The molecule has 2 aromatic rings. The third kappa shape index (κ3) is 2.68.